The SMILES string of the molecule is O=C(c1cnn2cccnc12)N1CCN(c2ccc(OCCCN3CCCCCC3)cc2)C(=O)C1. The Morgan fingerprint density at radius 1 is 1.00 bits per heavy atom. The third-order valence-electron chi connectivity index (χ3n) is 6.75. The van der Waals surface area contributed by atoms with Gasteiger partial charge in [-0.3, -0.25) is 9.59 Å². The van der Waals surface area contributed by atoms with Crippen LogP contribution in [-0.2, 0) is 4.79 Å². The maximum atomic E-state index is 13.0. The van der Waals surface area contributed by atoms with Crippen molar-refractivity contribution < 1.29 is 14.3 Å². The number of rotatable bonds is 7. The highest BCUT2D eigenvalue weighted by molar-refractivity contribution is 6.04. The molecule has 2 aromatic heterocycles. The number of fused-ring (bicyclic) bond motifs is 1. The van der Waals surface area contributed by atoms with Gasteiger partial charge in [0.2, 0.25) is 5.91 Å². The van der Waals surface area contributed by atoms with Crippen LogP contribution in [0, 0.1) is 0 Å². The van der Waals surface area contributed by atoms with Crippen molar-refractivity contribution in [3.8, 4) is 5.75 Å². The monoisotopic (exact) mass is 476 g/mol. The summed E-state index contributed by atoms with van der Waals surface area (Å²) in [6.45, 7) is 5.10. The van der Waals surface area contributed by atoms with Gasteiger partial charge in [-0.05, 0) is 62.7 Å². The number of benzene rings is 1. The van der Waals surface area contributed by atoms with E-state index in [0.717, 1.165) is 24.4 Å². The molecule has 2 aliphatic rings. The Labute approximate surface area is 205 Å². The fourth-order valence-electron chi connectivity index (χ4n) is 4.83. The summed E-state index contributed by atoms with van der Waals surface area (Å²) in [5.41, 5.74) is 1.72. The number of hydrogen-bond donors (Lipinski definition) is 0. The summed E-state index contributed by atoms with van der Waals surface area (Å²) in [5.74, 6) is 0.474. The molecule has 2 amide bonds. The van der Waals surface area contributed by atoms with Gasteiger partial charge in [0.25, 0.3) is 5.91 Å². The molecular weight excluding hydrogens is 444 g/mol. The molecule has 0 bridgehead atoms. The summed E-state index contributed by atoms with van der Waals surface area (Å²) in [7, 11) is 0. The molecule has 5 rings (SSSR count). The fraction of sp³-hybridized carbons (Fsp3) is 0.462. The Morgan fingerprint density at radius 2 is 1.80 bits per heavy atom. The van der Waals surface area contributed by atoms with E-state index in [1.54, 1.807) is 32.8 Å². The van der Waals surface area contributed by atoms with Gasteiger partial charge in [-0.15, -0.1) is 0 Å². The van der Waals surface area contributed by atoms with E-state index >= 15 is 0 Å². The Hall–Kier alpha value is -3.46. The summed E-state index contributed by atoms with van der Waals surface area (Å²) in [6, 6.07) is 9.40. The van der Waals surface area contributed by atoms with E-state index in [0.29, 0.717) is 30.9 Å². The van der Waals surface area contributed by atoms with Gasteiger partial charge in [-0.2, -0.15) is 5.10 Å². The minimum Gasteiger partial charge on any atom is -0.494 e. The number of ether oxygens (including phenoxy) is 1. The lowest BCUT2D eigenvalue weighted by Crippen LogP contribution is -2.52. The molecular formula is C26H32N6O3. The molecule has 0 radical (unpaired) electrons. The molecule has 0 spiro atoms. The van der Waals surface area contributed by atoms with Crippen molar-refractivity contribution in [2.75, 3.05) is 50.8 Å². The number of hydrogen-bond acceptors (Lipinski definition) is 6. The number of aromatic nitrogens is 3. The van der Waals surface area contributed by atoms with Crippen LogP contribution in [0.15, 0.2) is 48.9 Å². The molecule has 35 heavy (non-hydrogen) atoms. The third kappa shape index (κ3) is 5.45. The normalized spacial score (nSPS) is 17.5. The molecule has 1 aromatic carbocycles. The quantitative estimate of drug-likeness (QED) is 0.488. The Kier molecular flexibility index (Phi) is 7.23. The van der Waals surface area contributed by atoms with E-state index in [1.807, 2.05) is 24.3 Å². The van der Waals surface area contributed by atoms with Gasteiger partial charge in [0.1, 0.15) is 17.9 Å². The maximum Gasteiger partial charge on any atom is 0.259 e. The number of piperazine rings is 1. The molecule has 0 unspecified atom stereocenters. The number of anilines is 1. The first-order valence-corrected chi connectivity index (χ1v) is 12.5. The summed E-state index contributed by atoms with van der Waals surface area (Å²) >= 11 is 0. The molecule has 4 heterocycles. The number of carbonyl (C=O) groups excluding carboxylic acids is 2. The lowest BCUT2D eigenvalue weighted by Gasteiger charge is -2.34. The molecule has 9 nitrogen and oxygen atoms in total. The zero-order valence-corrected chi connectivity index (χ0v) is 20.0. The van der Waals surface area contributed by atoms with Crippen LogP contribution in [0.3, 0.4) is 0 Å². The standard InChI is InChI=1S/C26H32N6O3/c33-24-20-30(26(34)23-19-28-32-15-5-11-27-25(23)32)16-17-31(24)21-7-9-22(10-8-21)35-18-6-14-29-12-3-1-2-4-13-29/h5,7-11,15,19H,1-4,6,12-14,16-18,20H2. The minimum absolute atomic E-state index is 0.0256. The average molecular weight is 477 g/mol. The molecule has 9 heteroatoms. The van der Waals surface area contributed by atoms with Crippen LogP contribution in [0.5, 0.6) is 5.75 Å². The van der Waals surface area contributed by atoms with E-state index in [9.17, 15) is 9.59 Å². The zero-order chi connectivity index (χ0) is 24.0. The predicted octanol–water partition coefficient (Wildman–Crippen LogP) is 2.86. The van der Waals surface area contributed by atoms with E-state index in [4.69, 9.17) is 4.74 Å². The third-order valence-corrected chi connectivity index (χ3v) is 6.75. The van der Waals surface area contributed by atoms with E-state index in [-0.39, 0.29) is 18.4 Å². The highest BCUT2D eigenvalue weighted by atomic mass is 16.5. The molecule has 0 N–H and O–H groups in total. The lowest BCUT2D eigenvalue weighted by molar-refractivity contribution is -0.120. The van der Waals surface area contributed by atoms with Crippen molar-refractivity contribution in [1.29, 1.82) is 0 Å². The lowest BCUT2D eigenvalue weighted by atomic mass is 10.2. The number of carbonyl (C=O) groups is 2. The number of nitrogens with zero attached hydrogens (tertiary/aromatic N) is 6. The molecule has 0 atom stereocenters. The molecule has 2 aliphatic heterocycles. The summed E-state index contributed by atoms with van der Waals surface area (Å²) in [5, 5.41) is 4.18. The van der Waals surface area contributed by atoms with E-state index < -0.39 is 0 Å². The number of likely N-dealkylation sites (tertiary alicyclic amines) is 1. The molecule has 0 saturated carbocycles. The Bertz CT molecular complexity index is 1150. The summed E-state index contributed by atoms with van der Waals surface area (Å²) < 4.78 is 7.49. The van der Waals surface area contributed by atoms with Crippen LogP contribution < -0.4 is 9.64 Å². The van der Waals surface area contributed by atoms with Crippen LogP contribution in [-0.4, -0.2) is 82.1 Å². The van der Waals surface area contributed by atoms with Crippen LogP contribution in [0.25, 0.3) is 5.65 Å². The second-order valence-corrected chi connectivity index (χ2v) is 9.17. The van der Waals surface area contributed by atoms with E-state index in [2.05, 4.69) is 15.0 Å². The van der Waals surface area contributed by atoms with Crippen molar-refractivity contribution >= 4 is 23.1 Å². The Morgan fingerprint density at radius 3 is 2.57 bits per heavy atom. The van der Waals surface area contributed by atoms with Crippen molar-refractivity contribution in [3.05, 3.63) is 54.5 Å². The smallest absolute Gasteiger partial charge is 0.259 e. The maximum absolute atomic E-state index is 13.0. The highest BCUT2D eigenvalue weighted by Gasteiger charge is 2.30. The van der Waals surface area contributed by atoms with Crippen molar-refractivity contribution in [2.45, 2.75) is 32.1 Å². The topological polar surface area (TPSA) is 83.3 Å². The zero-order valence-electron chi connectivity index (χ0n) is 20.0. The van der Waals surface area contributed by atoms with Gasteiger partial charge >= 0.3 is 0 Å². The first-order chi connectivity index (χ1) is 17.2. The second kappa shape index (κ2) is 10.9. The summed E-state index contributed by atoms with van der Waals surface area (Å²) in [6.07, 6.45) is 11.2. The minimum atomic E-state index is -0.226. The van der Waals surface area contributed by atoms with Crippen molar-refractivity contribution in [2.24, 2.45) is 0 Å². The van der Waals surface area contributed by atoms with Crippen molar-refractivity contribution in [3.63, 3.8) is 0 Å². The second-order valence-electron chi connectivity index (χ2n) is 9.17. The van der Waals surface area contributed by atoms with Crippen LogP contribution in [0.1, 0.15) is 42.5 Å². The van der Waals surface area contributed by atoms with Gasteiger partial charge in [-0.1, -0.05) is 12.8 Å². The molecule has 2 saturated heterocycles. The van der Waals surface area contributed by atoms with Crippen LogP contribution >= 0.6 is 0 Å². The highest BCUT2D eigenvalue weighted by Crippen LogP contribution is 2.22. The molecule has 3 aromatic rings. The van der Waals surface area contributed by atoms with Gasteiger partial charge in [0.15, 0.2) is 5.65 Å². The first-order valence-electron chi connectivity index (χ1n) is 12.5. The molecule has 2 fully saturated rings. The largest absolute Gasteiger partial charge is 0.494 e. The van der Waals surface area contributed by atoms with Crippen molar-refractivity contribution in [1.82, 2.24) is 24.4 Å². The average Bonchev–Trinajstić information content (AvgIpc) is 3.14. The molecule has 184 valence electrons. The van der Waals surface area contributed by atoms with Gasteiger partial charge in [0.05, 0.1) is 12.8 Å². The first kappa shape index (κ1) is 23.3. The molecule has 0 aliphatic carbocycles. The fourth-order valence-corrected chi connectivity index (χ4v) is 4.83. The Balaban J connectivity index is 1.11. The van der Waals surface area contributed by atoms with Gasteiger partial charge in [0, 0.05) is 37.7 Å². The van der Waals surface area contributed by atoms with Crippen LogP contribution in [0.2, 0.25) is 0 Å². The van der Waals surface area contributed by atoms with Gasteiger partial charge in [-0.25, -0.2) is 9.50 Å². The number of amides is 2. The summed E-state index contributed by atoms with van der Waals surface area (Å²) in [4.78, 5) is 35.9. The van der Waals surface area contributed by atoms with Gasteiger partial charge < -0.3 is 19.4 Å². The van der Waals surface area contributed by atoms with E-state index in [1.165, 1.54) is 45.0 Å². The van der Waals surface area contributed by atoms with Crippen LogP contribution in [0.4, 0.5) is 5.69 Å². The predicted molar refractivity (Wildman–Crippen MR) is 133 cm³/mol.